The highest BCUT2D eigenvalue weighted by Crippen LogP contribution is 2.27. The molecule has 1 rings (SSSR count). The second-order valence-electron chi connectivity index (χ2n) is 3.91. The van der Waals surface area contributed by atoms with Gasteiger partial charge in [-0.05, 0) is 26.7 Å². The fourth-order valence-corrected chi connectivity index (χ4v) is 1.71. The van der Waals surface area contributed by atoms with Gasteiger partial charge in [0, 0.05) is 13.0 Å². The van der Waals surface area contributed by atoms with Crippen molar-refractivity contribution in [3.05, 3.63) is 0 Å². The Balaban J connectivity index is 2.32. The lowest BCUT2D eigenvalue weighted by molar-refractivity contribution is -0.146. The maximum Gasteiger partial charge on any atom is 0.306 e. The van der Waals surface area contributed by atoms with Crippen LogP contribution in [-0.4, -0.2) is 30.6 Å². The predicted molar refractivity (Wildman–Crippen MR) is 54.5 cm³/mol. The van der Waals surface area contributed by atoms with E-state index in [-0.39, 0.29) is 24.6 Å². The summed E-state index contributed by atoms with van der Waals surface area (Å²) >= 11 is 0. The summed E-state index contributed by atoms with van der Waals surface area (Å²) in [4.78, 5) is 22.8. The lowest BCUT2D eigenvalue weighted by atomic mass is 9.94. The Hall–Kier alpha value is -0.900. The molecule has 0 aromatic carbocycles. The lowest BCUT2D eigenvalue weighted by Crippen LogP contribution is -2.34. The van der Waals surface area contributed by atoms with E-state index in [4.69, 9.17) is 9.47 Å². The van der Waals surface area contributed by atoms with Gasteiger partial charge in [-0.2, -0.15) is 0 Å². The van der Waals surface area contributed by atoms with Crippen LogP contribution in [0.1, 0.15) is 39.5 Å². The first kappa shape index (κ1) is 12.2. The highest BCUT2D eigenvalue weighted by atomic mass is 16.5. The van der Waals surface area contributed by atoms with Crippen molar-refractivity contribution in [1.82, 2.24) is 0 Å². The third-order valence-corrected chi connectivity index (χ3v) is 2.67. The summed E-state index contributed by atoms with van der Waals surface area (Å²) in [6, 6.07) is 0. The van der Waals surface area contributed by atoms with Crippen LogP contribution in [0.4, 0.5) is 0 Å². The predicted octanol–water partition coefficient (Wildman–Crippen LogP) is 1.47. The summed E-state index contributed by atoms with van der Waals surface area (Å²) in [6.45, 7) is 4.55. The van der Waals surface area contributed by atoms with E-state index in [1.165, 1.54) is 0 Å². The van der Waals surface area contributed by atoms with E-state index in [9.17, 15) is 9.59 Å². The van der Waals surface area contributed by atoms with Gasteiger partial charge in [-0.3, -0.25) is 9.59 Å². The molecule has 1 aliphatic heterocycles. The Kier molecular flexibility index (Phi) is 4.27. The number of rotatable bonds is 5. The van der Waals surface area contributed by atoms with E-state index in [2.05, 4.69) is 0 Å². The van der Waals surface area contributed by atoms with Gasteiger partial charge in [0.25, 0.3) is 0 Å². The molecular formula is C11H18O4. The quantitative estimate of drug-likeness (QED) is 0.650. The number of carbonyl (C=O) groups is 2. The van der Waals surface area contributed by atoms with Gasteiger partial charge < -0.3 is 9.47 Å². The molecule has 0 aliphatic carbocycles. The number of esters is 1. The Morgan fingerprint density at radius 1 is 1.40 bits per heavy atom. The van der Waals surface area contributed by atoms with E-state index in [1.54, 1.807) is 13.8 Å². The van der Waals surface area contributed by atoms with E-state index in [0.29, 0.717) is 13.2 Å². The molecule has 0 amide bonds. The summed E-state index contributed by atoms with van der Waals surface area (Å²) in [6.07, 6.45) is 2.05. The van der Waals surface area contributed by atoms with Crippen LogP contribution < -0.4 is 0 Å². The topological polar surface area (TPSA) is 52.6 Å². The molecule has 1 heterocycles. The Morgan fingerprint density at radius 2 is 2.13 bits per heavy atom. The molecule has 0 N–H and O–H groups in total. The van der Waals surface area contributed by atoms with Crippen molar-refractivity contribution in [2.75, 3.05) is 13.2 Å². The standard InChI is InChI=1S/C11H18O4/c1-3-14-10(13)6-5-9(12)11(2)7-4-8-15-11/h3-8H2,1-2H3. The Morgan fingerprint density at radius 3 is 2.67 bits per heavy atom. The summed E-state index contributed by atoms with van der Waals surface area (Å²) < 4.78 is 10.1. The molecule has 15 heavy (non-hydrogen) atoms. The minimum absolute atomic E-state index is 0.00746. The van der Waals surface area contributed by atoms with Crippen LogP contribution in [0, 0.1) is 0 Å². The fraction of sp³-hybridized carbons (Fsp3) is 0.818. The zero-order chi connectivity index (χ0) is 11.3. The van der Waals surface area contributed by atoms with Crippen molar-refractivity contribution in [1.29, 1.82) is 0 Å². The molecule has 0 aromatic heterocycles. The minimum Gasteiger partial charge on any atom is -0.466 e. The molecule has 1 aliphatic rings. The molecule has 0 saturated carbocycles. The van der Waals surface area contributed by atoms with E-state index in [0.717, 1.165) is 12.8 Å². The number of hydrogen-bond donors (Lipinski definition) is 0. The molecule has 86 valence electrons. The number of ether oxygens (including phenoxy) is 2. The van der Waals surface area contributed by atoms with Crippen LogP contribution in [0.25, 0.3) is 0 Å². The van der Waals surface area contributed by atoms with Crippen LogP contribution in [0.3, 0.4) is 0 Å². The smallest absolute Gasteiger partial charge is 0.306 e. The van der Waals surface area contributed by atoms with Crippen LogP contribution in [0.5, 0.6) is 0 Å². The summed E-state index contributed by atoms with van der Waals surface area (Å²) in [5, 5.41) is 0. The first-order valence-electron chi connectivity index (χ1n) is 5.41. The van der Waals surface area contributed by atoms with Crippen molar-refractivity contribution in [2.45, 2.75) is 45.1 Å². The highest BCUT2D eigenvalue weighted by molar-refractivity contribution is 5.89. The van der Waals surface area contributed by atoms with Crippen molar-refractivity contribution in [3.63, 3.8) is 0 Å². The Bertz CT molecular complexity index is 241. The molecule has 4 heteroatoms. The second-order valence-corrected chi connectivity index (χ2v) is 3.91. The van der Waals surface area contributed by atoms with Crippen molar-refractivity contribution in [2.24, 2.45) is 0 Å². The third-order valence-electron chi connectivity index (χ3n) is 2.67. The zero-order valence-electron chi connectivity index (χ0n) is 9.38. The normalized spacial score (nSPS) is 25.2. The largest absolute Gasteiger partial charge is 0.466 e. The van der Waals surface area contributed by atoms with Crippen LogP contribution in [0.2, 0.25) is 0 Å². The first-order valence-corrected chi connectivity index (χ1v) is 5.41. The summed E-state index contributed by atoms with van der Waals surface area (Å²) in [5.41, 5.74) is -0.660. The SMILES string of the molecule is CCOC(=O)CCC(=O)C1(C)CCCO1. The third kappa shape index (κ3) is 3.30. The van der Waals surface area contributed by atoms with E-state index in [1.807, 2.05) is 0 Å². The van der Waals surface area contributed by atoms with E-state index >= 15 is 0 Å². The van der Waals surface area contributed by atoms with Gasteiger partial charge in [0.2, 0.25) is 0 Å². The van der Waals surface area contributed by atoms with Gasteiger partial charge in [0.05, 0.1) is 13.0 Å². The summed E-state index contributed by atoms with van der Waals surface area (Å²) in [5.74, 6) is -0.305. The van der Waals surface area contributed by atoms with Crippen LogP contribution in [-0.2, 0) is 19.1 Å². The van der Waals surface area contributed by atoms with Gasteiger partial charge in [-0.25, -0.2) is 0 Å². The Labute approximate surface area is 89.9 Å². The molecule has 0 radical (unpaired) electrons. The number of ketones is 1. The fourth-order valence-electron chi connectivity index (χ4n) is 1.71. The van der Waals surface area contributed by atoms with Gasteiger partial charge in [-0.1, -0.05) is 0 Å². The van der Waals surface area contributed by atoms with Crippen molar-refractivity contribution in [3.8, 4) is 0 Å². The van der Waals surface area contributed by atoms with Crippen molar-refractivity contribution >= 4 is 11.8 Å². The van der Waals surface area contributed by atoms with Crippen LogP contribution in [0.15, 0.2) is 0 Å². The molecule has 1 saturated heterocycles. The average Bonchev–Trinajstić information content (AvgIpc) is 2.63. The molecule has 0 bridgehead atoms. The zero-order valence-corrected chi connectivity index (χ0v) is 9.38. The molecule has 1 unspecified atom stereocenters. The van der Waals surface area contributed by atoms with E-state index < -0.39 is 5.60 Å². The van der Waals surface area contributed by atoms with Gasteiger partial charge >= 0.3 is 5.97 Å². The minimum atomic E-state index is -0.660. The van der Waals surface area contributed by atoms with Crippen LogP contribution >= 0.6 is 0 Å². The highest BCUT2D eigenvalue weighted by Gasteiger charge is 2.37. The molecule has 4 nitrogen and oxygen atoms in total. The first-order chi connectivity index (χ1) is 7.08. The summed E-state index contributed by atoms with van der Waals surface area (Å²) in [7, 11) is 0. The van der Waals surface area contributed by atoms with Gasteiger partial charge in [0.1, 0.15) is 5.60 Å². The molecular weight excluding hydrogens is 196 g/mol. The van der Waals surface area contributed by atoms with Crippen molar-refractivity contribution < 1.29 is 19.1 Å². The number of Topliss-reactive ketones (excluding diaryl/α,β-unsaturated/α-hetero) is 1. The average molecular weight is 214 g/mol. The van der Waals surface area contributed by atoms with Gasteiger partial charge in [0.15, 0.2) is 5.78 Å². The second kappa shape index (κ2) is 5.26. The molecule has 0 aromatic rings. The lowest BCUT2D eigenvalue weighted by Gasteiger charge is -2.20. The maximum atomic E-state index is 11.7. The molecule has 0 spiro atoms. The molecule has 1 fully saturated rings. The maximum absolute atomic E-state index is 11.7. The molecule has 1 atom stereocenters. The number of carbonyl (C=O) groups excluding carboxylic acids is 2. The number of hydrogen-bond acceptors (Lipinski definition) is 4. The van der Waals surface area contributed by atoms with Gasteiger partial charge in [-0.15, -0.1) is 0 Å². The monoisotopic (exact) mass is 214 g/mol.